The van der Waals surface area contributed by atoms with E-state index in [0.29, 0.717) is 17.7 Å². The number of rotatable bonds is 6. The maximum Gasteiger partial charge on any atom is 0.167 e. The van der Waals surface area contributed by atoms with E-state index in [1.807, 2.05) is 55.5 Å². The first-order valence-corrected chi connectivity index (χ1v) is 8.82. The zero-order valence-electron chi connectivity index (χ0n) is 14.9. The predicted molar refractivity (Wildman–Crippen MR) is 104 cm³/mol. The number of ketones is 1. The standard InChI is InChI=1S/C22H19N3O2/c1-15(22-24-19-4-2-3-5-20(19)25-22)27-18-8-6-17(7-9-18)21(26)14-16-10-12-23-13-11-16/h2-13,15H,14H2,1H3,(H,24,25). The lowest BCUT2D eigenvalue weighted by Gasteiger charge is -2.12. The molecule has 27 heavy (non-hydrogen) atoms. The van der Waals surface area contributed by atoms with Crippen LogP contribution in [-0.2, 0) is 6.42 Å². The second-order valence-electron chi connectivity index (χ2n) is 6.38. The van der Waals surface area contributed by atoms with Gasteiger partial charge in [0.1, 0.15) is 11.6 Å². The van der Waals surface area contributed by atoms with Crippen molar-refractivity contribution in [2.75, 3.05) is 0 Å². The Kier molecular flexibility index (Phi) is 4.66. The minimum atomic E-state index is -0.226. The van der Waals surface area contributed by atoms with Crippen LogP contribution in [0.25, 0.3) is 11.0 Å². The van der Waals surface area contributed by atoms with Gasteiger partial charge in [-0.15, -0.1) is 0 Å². The summed E-state index contributed by atoms with van der Waals surface area (Å²) in [4.78, 5) is 24.2. The van der Waals surface area contributed by atoms with Gasteiger partial charge in [-0.1, -0.05) is 12.1 Å². The highest BCUT2D eigenvalue weighted by Crippen LogP contribution is 2.23. The molecule has 0 aliphatic heterocycles. The molecule has 0 aliphatic rings. The molecule has 2 aromatic heterocycles. The average Bonchev–Trinajstić information content (AvgIpc) is 3.14. The lowest BCUT2D eigenvalue weighted by atomic mass is 10.0. The summed E-state index contributed by atoms with van der Waals surface area (Å²) in [5, 5.41) is 0. The molecule has 134 valence electrons. The van der Waals surface area contributed by atoms with Crippen LogP contribution in [0, 0.1) is 0 Å². The van der Waals surface area contributed by atoms with Gasteiger partial charge in [0, 0.05) is 24.4 Å². The van der Waals surface area contributed by atoms with Gasteiger partial charge in [0.15, 0.2) is 11.9 Å². The number of Topliss-reactive ketones (excluding diaryl/α,β-unsaturated/α-hetero) is 1. The number of ether oxygens (including phenoxy) is 1. The number of carbonyl (C=O) groups is 1. The van der Waals surface area contributed by atoms with Gasteiger partial charge < -0.3 is 9.72 Å². The molecule has 0 aliphatic carbocycles. The van der Waals surface area contributed by atoms with E-state index in [2.05, 4.69) is 15.0 Å². The van der Waals surface area contributed by atoms with E-state index < -0.39 is 0 Å². The van der Waals surface area contributed by atoms with E-state index >= 15 is 0 Å². The quantitative estimate of drug-likeness (QED) is 0.515. The van der Waals surface area contributed by atoms with Crippen LogP contribution in [-0.4, -0.2) is 20.7 Å². The zero-order valence-corrected chi connectivity index (χ0v) is 14.9. The Morgan fingerprint density at radius 2 is 1.78 bits per heavy atom. The molecule has 0 radical (unpaired) electrons. The Morgan fingerprint density at radius 3 is 2.52 bits per heavy atom. The number of imidazole rings is 1. The zero-order chi connectivity index (χ0) is 18.6. The monoisotopic (exact) mass is 357 g/mol. The van der Waals surface area contributed by atoms with Gasteiger partial charge in [-0.05, 0) is 61.0 Å². The topological polar surface area (TPSA) is 67.9 Å². The number of aromatic amines is 1. The Morgan fingerprint density at radius 1 is 1.04 bits per heavy atom. The van der Waals surface area contributed by atoms with Crippen LogP contribution in [0.15, 0.2) is 73.1 Å². The van der Waals surface area contributed by atoms with Crippen molar-refractivity contribution in [1.82, 2.24) is 15.0 Å². The van der Waals surface area contributed by atoms with Crippen molar-refractivity contribution in [1.29, 1.82) is 0 Å². The fourth-order valence-corrected chi connectivity index (χ4v) is 2.93. The number of aromatic nitrogens is 3. The molecule has 0 spiro atoms. The van der Waals surface area contributed by atoms with Crippen molar-refractivity contribution in [2.24, 2.45) is 0 Å². The molecule has 0 bridgehead atoms. The molecular weight excluding hydrogens is 338 g/mol. The minimum absolute atomic E-state index is 0.0677. The molecule has 0 amide bonds. The van der Waals surface area contributed by atoms with E-state index in [4.69, 9.17) is 4.74 Å². The summed E-state index contributed by atoms with van der Waals surface area (Å²) in [5.74, 6) is 1.54. The number of nitrogens with zero attached hydrogens (tertiary/aromatic N) is 2. The molecule has 2 heterocycles. The summed E-state index contributed by atoms with van der Waals surface area (Å²) >= 11 is 0. The molecule has 5 nitrogen and oxygen atoms in total. The summed E-state index contributed by atoms with van der Waals surface area (Å²) in [7, 11) is 0. The normalized spacial score (nSPS) is 12.0. The van der Waals surface area contributed by atoms with Crippen LogP contribution >= 0.6 is 0 Å². The Hall–Kier alpha value is -3.47. The van der Waals surface area contributed by atoms with E-state index in [-0.39, 0.29) is 11.9 Å². The van der Waals surface area contributed by atoms with Crippen LogP contribution in [0.1, 0.15) is 34.8 Å². The number of hydrogen-bond acceptors (Lipinski definition) is 4. The smallest absolute Gasteiger partial charge is 0.167 e. The van der Waals surface area contributed by atoms with E-state index in [1.54, 1.807) is 24.5 Å². The first kappa shape index (κ1) is 17.0. The predicted octanol–water partition coefficient (Wildman–Crippen LogP) is 4.52. The number of carbonyl (C=O) groups excluding carboxylic acids is 1. The Bertz CT molecular complexity index is 1020. The Balaban J connectivity index is 1.43. The first-order chi connectivity index (χ1) is 13.2. The molecular formula is C22H19N3O2. The average molecular weight is 357 g/mol. The van der Waals surface area contributed by atoms with Gasteiger partial charge in [-0.3, -0.25) is 9.78 Å². The van der Waals surface area contributed by atoms with E-state index in [9.17, 15) is 4.79 Å². The minimum Gasteiger partial charge on any atom is -0.483 e. The van der Waals surface area contributed by atoms with Gasteiger partial charge in [-0.2, -0.15) is 0 Å². The molecule has 0 fully saturated rings. The third-order valence-electron chi connectivity index (χ3n) is 4.40. The number of fused-ring (bicyclic) bond motifs is 1. The number of para-hydroxylation sites is 2. The number of H-pyrrole nitrogens is 1. The van der Waals surface area contributed by atoms with E-state index in [1.165, 1.54) is 0 Å². The van der Waals surface area contributed by atoms with Crippen molar-refractivity contribution in [3.8, 4) is 5.75 Å². The fourth-order valence-electron chi connectivity index (χ4n) is 2.93. The van der Waals surface area contributed by atoms with Crippen molar-refractivity contribution in [2.45, 2.75) is 19.4 Å². The van der Waals surface area contributed by atoms with Gasteiger partial charge in [0.2, 0.25) is 0 Å². The SMILES string of the molecule is CC(Oc1ccc(C(=O)Cc2ccncc2)cc1)c1nc2ccccc2[nH]1. The first-order valence-electron chi connectivity index (χ1n) is 8.82. The molecule has 0 saturated carbocycles. The highest BCUT2D eigenvalue weighted by atomic mass is 16.5. The maximum atomic E-state index is 12.4. The van der Waals surface area contributed by atoms with Crippen LogP contribution in [0.4, 0.5) is 0 Å². The van der Waals surface area contributed by atoms with Crippen LogP contribution in [0.3, 0.4) is 0 Å². The van der Waals surface area contributed by atoms with E-state index in [0.717, 1.165) is 22.4 Å². The highest BCUT2D eigenvalue weighted by Gasteiger charge is 2.13. The van der Waals surface area contributed by atoms with Crippen LogP contribution < -0.4 is 4.74 Å². The Labute approximate surface area is 157 Å². The third kappa shape index (κ3) is 3.87. The summed E-state index contributed by atoms with van der Waals surface area (Å²) in [5.41, 5.74) is 3.52. The number of pyridine rings is 1. The molecule has 1 unspecified atom stereocenters. The van der Waals surface area contributed by atoms with Crippen LogP contribution in [0.5, 0.6) is 5.75 Å². The molecule has 4 aromatic rings. The number of hydrogen-bond donors (Lipinski definition) is 1. The lowest BCUT2D eigenvalue weighted by Crippen LogP contribution is -2.06. The third-order valence-corrected chi connectivity index (χ3v) is 4.40. The van der Waals surface area contributed by atoms with Crippen molar-refractivity contribution in [3.05, 3.63) is 90.0 Å². The van der Waals surface area contributed by atoms with Gasteiger partial charge in [0.25, 0.3) is 0 Å². The van der Waals surface area contributed by atoms with Crippen LogP contribution in [0.2, 0.25) is 0 Å². The highest BCUT2D eigenvalue weighted by molar-refractivity contribution is 5.97. The molecule has 0 saturated heterocycles. The number of nitrogens with one attached hydrogen (secondary N) is 1. The van der Waals surface area contributed by atoms with Gasteiger partial charge in [-0.25, -0.2) is 4.98 Å². The summed E-state index contributed by atoms with van der Waals surface area (Å²) in [6.07, 6.45) is 3.52. The fraction of sp³-hybridized carbons (Fsp3) is 0.136. The molecule has 1 atom stereocenters. The number of benzene rings is 2. The van der Waals surface area contributed by atoms with Crippen molar-refractivity contribution < 1.29 is 9.53 Å². The van der Waals surface area contributed by atoms with Crippen molar-refractivity contribution >= 4 is 16.8 Å². The van der Waals surface area contributed by atoms with Gasteiger partial charge in [0.05, 0.1) is 11.0 Å². The van der Waals surface area contributed by atoms with Gasteiger partial charge >= 0.3 is 0 Å². The largest absolute Gasteiger partial charge is 0.483 e. The second kappa shape index (κ2) is 7.41. The second-order valence-corrected chi connectivity index (χ2v) is 6.38. The lowest BCUT2D eigenvalue weighted by molar-refractivity contribution is 0.0993. The summed E-state index contributed by atoms with van der Waals surface area (Å²) in [6, 6.07) is 18.8. The summed E-state index contributed by atoms with van der Waals surface area (Å²) in [6.45, 7) is 1.94. The van der Waals surface area contributed by atoms with Crippen molar-refractivity contribution in [3.63, 3.8) is 0 Å². The summed E-state index contributed by atoms with van der Waals surface area (Å²) < 4.78 is 5.97. The molecule has 5 heteroatoms. The molecule has 1 N–H and O–H groups in total. The molecule has 4 rings (SSSR count). The molecule has 2 aromatic carbocycles. The maximum absolute atomic E-state index is 12.4.